The third-order valence-corrected chi connectivity index (χ3v) is 7.08. The average molecular weight is 567 g/mol. The first kappa shape index (κ1) is 31.5. The number of carboxylic acids is 1. The zero-order chi connectivity index (χ0) is 28.1. The molecule has 9 N–H and O–H groups in total. The van der Waals surface area contributed by atoms with Gasteiger partial charge in [0.05, 0.1) is 6.04 Å². The minimum absolute atomic E-state index is 0.0227. The number of aromatic amines is 1. The number of thioether (sulfide) groups is 1. The molecule has 3 amide bonds. The number of thiol groups is 1. The Morgan fingerprint density at radius 1 is 1.00 bits per heavy atom. The fourth-order valence-corrected chi connectivity index (χ4v) is 4.63. The molecular formula is C25H38N6O5S2. The summed E-state index contributed by atoms with van der Waals surface area (Å²) in [7, 11) is 0. The van der Waals surface area contributed by atoms with Crippen LogP contribution in [0.2, 0.25) is 0 Å². The van der Waals surface area contributed by atoms with Gasteiger partial charge >= 0.3 is 5.97 Å². The highest BCUT2D eigenvalue weighted by molar-refractivity contribution is 7.98. The molecule has 2 aromatic rings. The molecule has 0 aliphatic heterocycles. The van der Waals surface area contributed by atoms with Crippen molar-refractivity contribution in [3.8, 4) is 0 Å². The standard InChI is InChI=1S/C25H38N6O5S2/c1-38-11-9-19(23(33)30-20(25(35)36)8-4-5-10-26)29-24(34)21(14-37)31-22(32)17(27)12-15-13-28-18-7-3-2-6-16(15)18/h2-3,6-7,13,17,19-21,28,37H,4-5,8-12,14,26-27H2,1H3,(H,29,34)(H,30,33)(H,31,32)(H,35,36). The van der Waals surface area contributed by atoms with Crippen molar-refractivity contribution in [2.75, 3.05) is 24.3 Å². The topological polar surface area (TPSA) is 192 Å². The minimum atomic E-state index is -1.16. The lowest BCUT2D eigenvalue weighted by Crippen LogP contribution is -2.57. The molecule has 1 heterocycles. The van der Waals surface area contributed by atoms with Crippen molar-refractivity contribution in [3.05, 3.63) is 36.0 Å². The fraction of sp³-hybridized carbons (Fsp3) is 0.520. The van der Waals surface area contributed by atoms with Gasteiger partial charge in [-0.2, -0.15) is 24.4 Å². The van der Waals surface area contributed by atoms with Crippen LogP contribution in [0.1, 0.15) is 31.2 Å². The second kappa shape index (κ2) is 16.3. The van der Waals surface area contributed by atoms with Crippen molar-refractivity contribution >= 4 is 59.0 Å². The number of nitrogens with two attached hydrogens (primary N) is 2. The lowest BCUT2D eigenvalue weighted by molar-refractivity contribution is -0.142. The molecule has 0 aliphatic rings. The smallest absolute Gasteiger partial charge is 0.326 e. The van der Waals surface area contributed by atoms with Gasteiger partial charge in [0, 0.05) is 22.9 Å². The number of carboxylic acid groups (broad SMARTS) is 1. The van der Waals surface area contributed by atoms with E-state index in [0.29, 0.717) is 25.1 Å². The van der Waals surface area contributed by atoms with Crippen molar-refractivity contribution in [1.82, 2.24) is 20.9 Å². The van der Waals surface area contributed by atoms with Crippen LogP contribution < -0.4 is 27.4 Å². The Morgan fingerprint density at radius 3 is 2.32 bits per heavy atom. The second-order valence-electron chi connectivity index (χ2n) is 8.94. The van der Waals surface area contributed by atoms with Gasteiger partial charge in [-0.05, 0) is 62.3 Å². The lowest BCUT2D eigenvalue weighted by atomic mass is 10.0. The predicted octanol–water partition coefficient (Wildman–Crippen LogP) is 0.389. The molecule has 210 valence electrons. The van der Waals surface area contributed by atoms with E-state index in [4.69, 9.17) is 11.5 Å². The summed E-state index contributed by atoms with van der Waals surface area (Å²) in [4.78, 5) is 53.4. The number of H-pyrrole nitrogens is 1. The average Bonchev–Trinajstić information content (AvgIpc) is 3.31. The monoisotopic (exact) mass is 566 g/mol. The Kier molecular flexibility index (Phi) is 13.5. The van der Waals surface area contributed by atoms with Crippen LogP contribution in [-0.2, 0) is 25.6 Å². The molecule has 0 saturated heterocycles. The van der Waals surface area contributed by atoms with Gasteiger partial charge in [-0.3, -0.25) is 14.4 Å². The van der Waals surface area contributed by atoms with Crippen LogP contribution in [0.25, 0.3) is 10.9 Å². The van der Waals surface area contributed by atoms with Gasteiger partial charge in [0.2, 0.25) is 17.7 Å². The number of nitrogens with one attached hydrogen (secondary N) is 4. The van der Waals surface area contributed by atoms with Gasteiger partial charge in [0.1, 0.15) is 18.1 Å². The third-order valence-electron chi connectivity index (χ3n) is 6.07. The van der Waals surface area contributed by atoms with E-state index in [2.05, 4.69) is 33.6 Å². The summed E-state index contributed by atoms with van der Waals surface area (Å²) in [6.07, 6.45) is 5.61. The van der Waals surface area contributed by atoms with Crippen LogP contribution in [-0.4, -0.2) is 82.3 Å². The van der Waals surface area contributed by atoms with Crippen molar-refractivity contribution in [1.29, 1.82) is 0 Å². The maximum absolute atomic E-state index is 13.0. The largest absolute Gasteiger partial charge is 0.480 e. The zero-order valence-electron chi connectivity index (χ0n) is 21.4. The van der Waals surface area contributed by atoms with Crippen molar-refractivity contribution in [3.63, 3.8) is 0 Å². The van der Waals surface area contributed by atoms with E-state index in [1.165, 1.54) is 11.8 Å². The Bertz CT molecular complexity index is 1080. The highest BCUT2D eigenvalue weighted by Gasteiger charge is 2.29. The van der Waals surface area contributed by atoms with Gasteiger partial charge in [-0.25, -0.2) is 4.79 Å². The normalized spacial score (nSPS) is 14.3. The van der Waals surface area contributed by atoms with E-state index < -0.39 is 47.9 Å². The molecule has 4 atom stereocenters. The Morgan fingerprint density at radius 2 is 1.66 bits per heavy atom. The molecule has 2 rings (SSSR count). The van der Waals surface area contributed by atoms with Gasteiger partial charge in [-0.1, -0.05) is 18.2 Å². The van der Waals surface area contributed by atoms with Crippen LogP contribution in [0.15, 0.2) is 30.5 Å². The molecule has 1 aromatic carbocycles. The van der Waals surface area contributed by atoms with E-state index in [-0.39, 0.29) is 25.0 Å². The van der Waals surface area contributed by atoms with Gasteiger partial charge in [-0.15, -0.1) is 0 Å². The minimum Gasteiger partial charge on any atom is -0.480 e. The molecule has 11 nitrogen and oxygen atoms in total. The number of para-hydroxylation sites is 1. The zero-order valence-corrected chi connectivity index (χ0v) is 23.2. The maximum atomic E-state index is 13.0. The van der Waals surface area contributed by atoms with Crippen LogP contribution in [0, 0.1) is 0 Å². The van der Waals surface area contributed by atoms with E-state index in [1.54, 1.807) is 6.20 Å². The quantitative estimate of drug-likeness (QED) is 0.0995. The number of benzene rings is 1. The first-order valence-electron chi connectivity index (χ1n) is 12.5. The van der Waals surface area contributed by atoms with Gasteiger partial charge in [0.25, 0.3) is 0 Å². The third kappa shape index (κ3) is 9.53. The molecule has 0 fully saturated rings. The number of aromatic nitrogens is 1. The molecule has 4 unspecified atom stereocenters. The molecule has 0 radical (unpaired) electrons. The Hall–Kier alpha value is -2.74. The number of aliphatic carboxylic acids is 1. The number of rotatable bonds is 17. The number of hydrogen-bond donors (Lipinski definition) is 8. The summed E-state index contributed by atoms with van der Waals surface area (Å²) in [5.74, 6) is -2.37. The molecular weight excluding hydrogens is 528 g/mol. The number of fused-ring (bicyclic) bond motifs is 1. The summed E-state index contributed by atoms with van der Waals surface area (Å²) in [5.41, 5.74) is 13.4. The first-order chi connectivity index (χ1) is 18.2. The number of carbonyl (C=O) groups is 4. The van der Waals surface area contributed by atoms with Crippen LogP contribution in [0.5, 0.6) is 0 Å². The lowest BCUT2D eigenvalue weighted by Gasteiger charge is -2.24. The number of amides is 3. The molecule has 1 aromatic heterocycles. The number of carbonyl (C=O) groups excluding carboxylic acids is 3. The van der Waals surface area contributed by atoms with Gasteiger partial charge < -0.3 is 37.5 Å². The first-order valence-corrected chi connectivity index (χ1v) is 14.5. The van der Waals surface area contributed by atoms with E-state index in [0.717, 1.165) is 16.5 Å². The second-order valence-corrected chi connectivity index (χ2v) is 10.3. The van der Waals surface area contributed by atoms with E-state index in [1.807, 2.05) is 30.5 Å². The summed E-state index contributed by atoms with van der Waals surface area (Å²) >= 11 is 5.68. The Labute approximate surface area is 232 Å². The Balaban J connectivity index is 2.01. The maximum Gasteiger partial charge on any atom is 0.326 e. The summed E-state index contributed by atoms with van der Waals surface area (Å²) < 4.78 is 0. The number of hydrogen-bond acceptors (Lipinski definition) is 8. The van der Waals surface area contributed by atoms with Crippen LogP contribution in [0.4, 0.5) is 0 Å². The summed E-state index contributed by atoms with van der Waals surface area (Å²) in [6, 6.07) is 3.64. The summed E-state index contributed by atoms with van der Waals surface area (Å²) in [6.45, 7) is 0.426. The predicted molar refractivity (Wildman–Crippen MR) is 153 cm³/mol. The highest BCUT2D eigenvalue weighted by Crippen LogP contribution is 2.18. The number of unbranched alkanes of at least 4 members (excludes halogenated alkanes) is 1. The van der Waals surface area contributed by atoms with Crippen LogP contribution >= 0.6 is 24.4 Å². The van der Waals surface area contributed by atoms with Crippen LogP contribution in [0.3, 0.4) is 0 Å². The van der Waals surface area contributed by atoms with Crippen molar-refractivity contribution < 1.29 is 24.3 Å². The SMILES string of the molecule is CSCCC(NC(=O)C(CS)NC(=O)C(N)Cc1c[nH]c2ccccc12)C(=O)NC(CCCCN)C(=O)O. The molecule has 38 heavy (non-hydrogen) atoms. The molecule has 0 aliphatic carbocycles. The fourth-order valence-electron chi connectivity index (χ4n) is 3.90. The van der Waals surface area contributed by atoms with Crippen molar-refractivity contribution in [2.45, 2.75) is 56.3 Å². The molecule has 0 saturated carbocycles. The van der Waals surface area contributed by atoms with Gasteiger partial charge in [0.15, 0.2) is 0 Å². The molecule has 0 spiro atoms. The highest BCUT2D eigenvalue weighted by atomic mass is 32.2. The van der Waals surface area contributed by atoms with E-state index >= 15 is 0 Å². The molecule has 13 heteroatoms. The summed E-state index contributed by atoms with van der Waals surface area (Å²) in [5, 5.41) is 18.2. The molecule has 0 bridgehead atoms. The van der Waals surface area contributed by atoms with E-state index in [9.17, 15) is 24.3 Å². The van der Waals surface area contributed by atoms with Crippen molar-refractivity contribution in [2.24, 2.45) is 11.5 Å².